The largest absolute Gasteiger partial charge is 0.323 e. The van der Waals surface area contributed by atoms with Crippen LogP contribution < -0.4 is 5.32 Å². The number of fused-ring (bicyclic) bond motifs is 1. The molecule has 5 heterocycles. The van der Waals surface area contributed by atoms with Gasteiger partial charge in [-0.2, -0.15) is 10.2 Å². The van der Waals surface area contributed by atoms with Crippen molar-refractivity contribution in [1.82, 2.24) is 34.9 Å². The summed E-state index contributed by atoms with van der Waals surface area (Å²) in [5, 5.41) is 15.7. The summed E-state index contributed by atoms with van der Waals surface area (Å²) in [6, 6.07) is 11.6. The first-order valence-corrected chi connectivity index (χ1v) is 9.00. The number of nitrogens with one attached hydrogen (secondary N) is 1. The first-order valence-electron chi connectivity index (χ1n) is 9.00. The summed E-state index contributed by atoms with van der Waals surface area (Å²) >= 11 is 0. The molecule has 0 aliphatic rings. The molecule has 8 heteroatoms. The van der Waals surface area contributed by atoms with Crippen LogP contribution in [-0.4, -0.2) is 34.9 Å². The van der Waals surface area contributed by atoms with E-state index in [2.05, 4.69) is 35.6 Å². The average Bonchev–Trinajstić information content (AvgIpc) is 3.20. The van der Waals surface area contributed by atoms with Gasteiger partial charge in [0.15, 0.2) is 5.82 Å². The summed E-state index contributed by atoms with van der Waals surface area (Å²) in [6.07, 6.45) is 10.8. The Hall–Kier alpha value is -4.20. The minimum atomic E-state index is 0.613. The third-order valence-corrected chi connectivity index (χ3v) is 4.50. The summed E-state index contributed by atoms with van der Waals surface area (Å²) in [7, 11) is 1.89. The zero-order valence-corrected chi connectivity index (χ0v) is 15.6. The van der Waals surface area contributed by atoms with Gasteiger partial charge in [0, 0.05) is 48.5 Å². The summed E-state index contributed by atoms with van der Waals surface area (Å²) in [5.41, 5.74) is 5.54. The van der Waals surface area contributed by atoms with E-state index < -0.39 is 0 Å². The summed E-state index contributed by atoms with van der Waals surface area (Å²) < 4.78 is 1.76. The Morgan fingerprint density at radius 3 is 2.48 bits per heavy atom. The van der Waals surface area contributed by atoms with Crippen molar-refractivity contribution in [2.24, 2.45) is 7.05 Å². The average molecular weight is 380 g/mol. The standard InChI is InChI=1S/C21H16N8/c1-29-13-17(12-25-29)15-8-19-18(23-10-15)2-3-20(26-19)27-21-9-16(11-24-28-21)14-4-6-22-7-5-14/h2-13H,1H3,(H,26,27,28). The molecule has 0 amide bonds. The van der Waals surface area contributed by atoms with Crippen molar-refractivity contribution in [3.05, 3.63) is 73.6 Å². The minimum absolute atomic E-state index is 0.613. The van der Waals surface area contributed by atoms with Gasteiger partial charge in [-0.15, -0.1) is 5.10 Å². The van der Waals surface area contributed by atoms with Crippen LogP contribution in [0.5, 0.6) is 0 Å². The summed E-state index contributed by atoms with van der Waals surface area (Å²) in [6.45, 7) is 0. The molecule has 8 nitrogen and oxygen atoms in total. The number of nitrogens with zero attached hydrogens (tertiary/aromatic N) is 7. The van der Waals surface area contributed by atoms with Gasteiger partial charge in [-0.25, -0.2) is 4.98 Å². The van der Waals surface area contributed by atoms with Gasteiger partial charge in [0.2, 0.25) is 0 Å². The molecule has 0 aliphatic heterocycles. The van der Waals surface area contributed by atoms with Gasteiger partial charge in [-0.05, 0) is 42.0 Å². The van der Waals surface area contributed by atoms with Crippen LogP contribution in [0.3, 0.4) is 0 Å². The molecule has 0 radical (unpaired) electrons. The predicted molar refractivity (Wildman–Crippen MR) is 110 cm³/mol. The molecular weight excluding hydrogens is 364 g/mol. The molecule has 0 unspecified atom stereocenters. The second-order valence-corrected chi connectivity index (χ2v) is 6.55. The van der Waals surface area contributed by atoms with Crippen LogP contribution in [-0.2, 0) is 7.05 Å². The number of rotatable bonds is 4. The highest BCUT2D eigenvalue weighted by Crippen LogP contribution is 2.24. The molecule has 140 valence electrons. The van der Waals surface area contributed by atoms with Crippen molar-refractivity contribution >= 4 is 22.7 Å². The van der Waals surface area contributed by atoms with Gasteiger partial charge in [0.1, 0.15) is 5.82 Å². The normalized spacial score (nSPS) is 10.9. The highest BCUT2D eigenvalue weighted by atomic mass is 15.2. The molecule has 0 atom stereocenters. The highest BCUT2D eigenvalue weighted by molar-refractivity contribution is 5.81. The van der Waals surface area contributed by atoms with Gasteiger partial charge in [-0.3, -0.25) is 14.6 Å². The molecule has 5 rings (SSSR count). The van der Waals surface area contributed by atoms with E-state index in [4.69, 9.17) is 0 Å². The van der Waals surface area contributed by atoms with Crippen molar-refractivity contribution < 1.29 is 0 Å². The second kappa shape index (κ2) is 7.08. The number of hydrogen-bond donors (Lipinski definition) is 1. The van der Waals surface area contributed by atoms with Gasteiger partial charge in [-0.1, -0.05) is 0 Å². The maximum Gasteiger partial charge on any atom is 0.154 e. The topological polar surface area (TPSA) is 94.3 Å². The van der Waals surface area contributed by atoms with E-state index >= 15 is 0 Å². The molecule has 5 aromatic rings. The summed E-state index contributed by atoms with van der Waals surface area (Å²) in [4.78, 5) is 13.2. The Bertz CT molecular complexity index is 1300. The van der Waals surface area contributed by atoms with Gasteiger partial charge >= 0.3 is 0 Å². The van der Waals surface area contributed by atoms with E-state index in [0.29, 0.717) is 11.6 Å². The molecule has 0 saturated carbocycles. The van der Waals surface area contributed by atoms with E-state index in [1.54, 1.807) is 23.3 Å². The maximum absolute atomic E-state index is 4.69. The Balaban J connectivity index is 1.46. The zero-order valence-electron chi connectivity index (χ0n) is 15.6. The first-order chi connectivity index (χ1) is 14.2. The molecule has 0 fully saturated rings. The lowest BCUT2D eigenvalue weighted by Gasteiger charge is -2.07. The van der Waals surface area contributed by atoms with Crippen molar-refractivity contribution in [1.29, 1.82) is 0 Å². The van der Waals surface area contributed by atoms with Gasteiger partial charge in [0.05, 0.1) is 23.4 Å². The molecule has 0 bridgehead atoms. The maximum atomic E-state index is 4.69. The van der Waals surface area contributed by atoms with E-state index in [9.17, 15) is 0 Å². The Morgan fingerprint density at radius 1 is 0.793 bits per heavy atom. The monoisotopic (exact) mass is 380 g/mol. The number of anilines is 2. The molecule has 0 saturated heterocycles. The third-order valence-electron chi connectivity index (χ3n) is 4.50. The molecule has 0 aliphatic carbocycles. The fourth-order valence-corrected chi connectivity index (χ4v) is 3.07. The van der Waals surface area contributed by atoms with Crippen molar-refractivity contribution in [3.8, 4) is 22.3 Å². The molecule has 5 aromatic heterocycles. The second-order valence-electron chi connectivity index (χ2n) is 6.55. The number of aryl methyl sites for hydroxylation is 1. The van der Waals surface area contributed by atoms with Crippen molar-refractivity contribution in [3.63, 3.8) is 0 Å². The van der Waals surface area contributed by atoms with Crippen LogP contribution in [0.2, 0.25) is 0 Å². The van der Waals surface area contributed by atoms with E-state index in [0.717, 1.165) is 33.3 Å². The molecule has 1 N–H and O–H groups in total. The Labute approximate surface area is 166 Å². The zero-order chi connectivity index (χ0) is 19.6. The van der Waals surface area contributed by atoms with E-state index in [-0.39, 0.29) is 0 Å². The van der Waals surface area contributed by atoms with Gasteiger partial charge < -0.3 is 5.32 Å². The van der Waals surface area contributed by atoms with Crippen LogP contribution in [0.4, 0.5) is 11.6 Å². The lowest BCUT2D eigenvalue weighted by Crippen LogP contribution is -1.98. The van der Waals surface area contributed by atoms with Crippen LogP contribution in [0.25, 0.3) is 33.3 Å². The fraction of sp³-hybridized carbons (Fsp3) is 0.0476. The number of hydrogen-bond acceptors (Lipinski definition) is 7. The van der Waals surface area contributed by atoms with Crippen molar-refractivity contribution in [2.75, 3.05) is 5.32 Å². The van der Waals surface area contributed by atoms with Crippen LogP contribution >= 0.6 is 0 Å². The van der Waals surface area contributed by atoms with Crippen LogP contribution in [0.1, 0.15) is 0 Å². The lowest BCUT2D eigenvalue weighted by molar-refractivity contribution is 0.768. The van der Waals surface area contributed by atoms with Crippen LogP contribution in [0, 0.1) is 0 Å². The predicted octanol–water partition coefficient (Wildman–Crippen LogP) is 3.63. The minimum Gasteiger partial charge on any atom is -0.323 e. The molecule has 0 aromatic carbocycles. The molecular formula is C21H16N8. The third kappa shape index (κ3) is 3.51. The van der Waals surface area contributed by atoms with Gasteiger partial charge in [0.25, 0.3) is 0 Å². The lowest BCUT2D eigenvalue weighted by atomic mass is 10.1. The smallest absolute Gasteiger partial charge is 0.154 e. The Morgan fingerprint density at radius 2 is 1.66 bits per heavy atom. The Kier molecular flexibility index (Phi) is 4.14. The quantitative estimate of drug-likeness (QED) is 0.509. The number of pyridine rings is 3. The van der Waals surface area contributed by atoms with Crippen molar-refractivity contribution in [2.45, 2.75) is 0 Å². The SMILES string of the molecule is Cn1cc(-c2cnc3ccc(Nc4cc(-c5ccncc5)cnn4)nc3c2)cn1. The molecule has 29 heavy (non-hydrogen) atoms. The summed E-state index contributed by atoms with van der Waals surface area (Å²) in [5.74, 6) is 1.28. The van der Waals surface area contributed by atoms with E-state index in [1.165, 1.54) is 0 Å². The fourth-order valence-electron chi connectivity index (χ4n) is 3.07. The number of aromatic nitrogens is 7. The van der Waals surface area contributed by atoms with Crippen LogP contribution in [0.15, 0.2) is 73.6 Å². The molecule has 0 spiro atoms. The highest BCUT2D eigenvalue weighted by Gasteiger charge is 2.07. The van der Waals surface area contributed by atoms with E-state index in [1.807, 2.05) is 62.0 Å². The first kappa shape index (κ1) is 16.9.